The van der Waals surface area contributed by atoms with E-state index in [2.05, 4.69) is 6.92 Å². The molecule has 25 heavy (non-hydrogen) atoms. The molecule has 0 aromatic heterocycles. The normalized spacial score (nSPS) is 18.0. The summed E-state index contributed by atoms with van der Waals surface area (Å²) in [6.07, 6.45) is 3.27. The lowest BCUT2D eigenvalue weighted by molar-refractivity contribution is -0.134. The summed E-state index contributed by atoms with van der Waals surface area (Å²) in [5, 5.41) is 0. The molecule has 0 N–H and O–H groups in total. The van der Waals surface area contributed by atoms with Gasteiger partial charge in [0, 0.05) is 37.7 Å². The summed E-state index contributed by atoms with van der Waals surface area (Å²) in [6, 6.07) is 4.04. The van der Waals surface area contributed by atoms with E-state index in [9.17, 15) is 9.59 Å². The summed E-state index contributed by atoms with van der Waals surface area (Å²) >= 11 is 0. The van der Waals surface area contributed by atoms with E-state index in [4.69, 9.17) is 4.74 Å². The van der Waals surface area contributed by atoms with Crippen molar-refractivity contribution in [3.8, 4) is 5.75 Å². The zero-order valence-electron chi connectivity index (χ0n) is 15.5. The third-order valence-corrected chi connectivity index (χ3v) is 5.33. The Kier molecular flexibility index (Phi) is 5.30. The Hall–Kier alpha value is -2.04. The van der Waals surface area contributed by atoms with Gasteiger partial charge >= 0.3 is 0 Å². The Balaban J connectivity index is 1.63. The minimum atomic E-state index is 0.113. The quantitative estimate of drug-likeness (QED) is 0.842. The smallest absolute Gasteiger partial charge is 0.227 e. The van der Waals surface area contributed by atoms with Crippen molar-refractivity contribution in [3.63, 3.8) is 0 Å². The van der Waals surface area contributed by atoms with Gasteiger partial charge in [-0.2, -0.15) is 0 Å². The van der Waals surface area contributed by atoms with Crippen LogP contribution in [0, 0.1) is 19.8 Å². The first-order chi connectivity index (χ1) is 12.0. The van der Waals surface area contributed by atoms with Crippen molar-refractivity contribution < 1.29 is 14.3 Å². The number of amides is 2. The molecule has 2 fully saturated rings. The van der Waals surface area contributed by atoms with E-state index in [1.165, 1.54) is 5.56 Å². The van der Waals surface area contributed by atoms with E-state index in [1.54, 1.807) is 7.11 Å². The van der Waals surface area contributed by atoms with Gasteiger partial charge in [0.25, 0.3) is 0 Å². The van der Waals surface area contributed by atoms with Gasteiger partial charge in [-0.1, -0.05) is 6.07 Å². The van der Waals surface area contributed by atoms with E-state index < -0.39 is 0 Å². The molecule has 1 heterocycles. The van der Waals surface area contributed by atoms with Crippen LogP contribution in [0.1, 0.15) is 36.0 Å². The lowest BCUT2D eigenvalue weighted by Gasteiger charge is -2.23. The molecule has 0 atom stereocenters. The van der Waals surface area contributed by atoms with Gasteiger partial charge in [0.05, 0.1) is 13.5 Å². The van der Waals surface area contributed by atoms with Crippen LogP contribution < -0.4 is 4.74 Å². The summed E-state index contributed by atoms with van der Waals surface area (Å²) in [7, 11) is 1.64. The molecular formula is C20H28N2O3. The Morgan fingerprint density at radius 3 is 2.36 bits per heavy atom. The van der Waals surface area contributed by atoms with Crippen LogP contribution in [0.4, 0.5) is 0 Å². The Morgan fingerprint density at radius 2 is 1.68 bits per heavy atom. The highest BCUT2D eigenvalue weighted by Gasteiger charge is 2.34. The summed E-state index contributed by atoms with van der Waals surface area (Å²) in [6.45, 7) is 6.88. The van der Waals surface area contributed by atoms with E-state index in [1.807, 2.05) is 28.9 Å². The molecule has 1 saturated carbocycles. The minimum absolute atomic E-state index is 0.113. The van der Waals surface area contributed by atoms with Gasteiger partial charge in [-0.05, 0) is 50.3 Å². The molecule has 2 amide bonds. The maximum absolute atomic E-state index is 12.8. The standard InChI is InChI=1S/C20H28N2O3/c1-14-11-17(18(25-3)12-15(14)2)13-19(23)21-7-4-8-22(10-9-21)20(24)16-5-6-16/h11-12,16H,4-10,13H2,1-3H3. The van der Waals surface area contributed by atoms with Crippen LogP contribution >= 0.6 is 0 Å². The van der Waals surface area contributed by atoms with E-state index >= 15 is 0 Å². The maximum Gasteiger partial charge on any atom is 0.227 e. The molecule has 2 aliphatic rings. The van der Waals surface area contributed by atoms with Crippen LogP contribution in [0.5, 0.6) is 5.75 Å². The van der Waals surface area contributed by atoms with Crippen LogP contribution in [-0.4, -0.2) is 54.9 Å². The van der Waals surface area contributed by atoms with Gasteiger partial charge in [0.2, 0.25) is 11.8 Å². The maximum atomic E-state index is 12.8. The molecule has 0 bridgehead atoms. The predicted octanol–water partition coefficient (Wildman–Crippen LogP) is 2.33. The summed E-state index contributed by atoms with van der Waals surface area (Å²) in [5.41, 5.74) is 3.27. The molecule has 1 aromatic carbocycles. The highest BCUT2D eigenvalue weighted by molar-refractivity contribution is 5.82. The number of ether oxygens (including phenoxy) is 1. The topological polar surface area (TPSA) is 49.9 Å². The molecule has 0 radical (unpaired) electrons. The third-order valence-electron chi connectivity index (χ3n) is 5.33. The number of hydrogen-bond donors (Lipinski definition) is 0. The van der Waals surface area contributed by atoms with Crippen molar-refractivity contribution in [3.05, 3.63) is 28.8 Å². The Morgan fingerprint density at radius 1 is 1.04 bits per heavy atom. The lowest BCUT2D eigenvalue weighted by atomic mass is 10.0. The molecule has 1 aliphatic carbocycles. The molecule has 5 heteroatoms. The predicted molar refractivity (Wildman–Crippen MR) is 96.7 cm³/mol. The van der Waals surface area contributed by atoms with Gasteiger partial charge in [-0.3, -0.25) is 9.59 Å². The third kappa shape index (κ3) is 4.14. The highest BCUT2D eigenvalue weighted by Crippen LogP contribution is 2.31. The Bertz CT molecular complexity index is 667. The molecule has 136 valence electrons. The number of methoxy groups -OCH3 is 1. The lowest BCUT2D eigenvalue weighted by Crippen LogP contribution is -2.38. The van der Waals surface area contributed by atoms with Crippen LogP contribution in [0.3, 0.4) is 0 Å². The number of benzene rings is 1. The van der Waals surface area contributed by atoms with E-state index in [0.29, 0.717) is 19.5 Å². The summed E-state index contributed by atoms with van der Waals surface area (Å²) in [5.74, 6) is 1.42. The number of nitrogens with zero attached hydrogens (tertiary/aromatic N) is 2. The van der Waals surface area contributed by atoms with Crippen LogP contribution in [-0.2, 0) is 16.0 Å². The molecule has 0 spiro atoms. The van der Waals surface area contributed by atoms with Crippen LogP contribution in [0.25, 0.3) is 0 Å². The van der Waals surface area contributed by atoms with Crippen LogP contribution in [0.2, 0.25) is 0 Å². The molecule has 0 unspecified atom stereocenters. The average molecular weight is 344 g/mol. The van der Waals surface area contributed by atoms with Gasteiger partial charge < -0.3 is 14.5 Å². The molecule has 3 rings (SSSR count). The molecule has 1 aromatic rings. The van der Waals surface area contributed by atoms with Gasteiger partial charge in [0.1, 0.15) is 5.75 Å². The molecule has 5 nitrogen and oxygen atoms in total. The summed E-state index contributed by atoms with van der Waals surface area (Å²) in [4.78, 5) is 28.9. The zero-order chi connectivity index (χ0) is 18.0. The van der Waals surface area contributed by atoms with Crippen molar-refractivity contribution >= 4 is 11.8 Å². The van der Waals surface area contributed by atoms with Crippen molar-refractivity contribution in [2.45, 2.75) is 39.5 Å². The van der Waals surface area contributed by atoms with Crippen LogP contribution in [0.15, 0.2) is 12.1 Å². The second-order valence-electron chi connectivity index (χ2n) is 7.26. The summed E-state index contributed by atoms with van der Waals surface area (Å²) < 4.78 is 5.45. The number of hydrogen-bond acceptors (Lipinski definition) is 3. The van der Waals surface area contributed by atoms with Crippen molar-refractivity contribution in [1.29, 1.82) is 0 Å². The zero-order valence-corrected chi connectivity index (χ0v) is 15.5. The fourth-order valence-electron chi connectivity index (χ4n) is 3.43. The van der Waals surface area contributed by atoms with Crippen molar-refractivity contribution in [2.75, 3.05) is 33.3 Å². The van der Waals surface area contributed by atoms with E-state index in [-0.39, 0.29) is 17.7 Å². The highest BCUT2D eigenvalue weighted by atomic mass is 16.5. The fraction of sp³-hybridized carbons (Fsp3) is 0.600. The molecule has 1 saturated heterocycles. The molecule has 1 aliphatic heterocycles. The monoisotopic (exact) mass is 344 g/mol. The largest absolute Gasteiger partial charge is 0.496 e. The Labute approximate surface area is 149 Å². The number of carbonyl (C=O) groups excluding carboxylic acids is 2. The van der Waals surface area contributed by atoms with Gasteiger partial charge in [0.15, 0.2) is 0 Å². The number of aryl methyl sites for hydroxylation is 2. The van der Waals surface area contributed by atoms with E-state index in [0.717, 1.165) is 49.2 Å². The number of carbonyl (C=O) groups is 2. The molecular weight excluding hydrogens is 316 g/mol. The fourth-order valence-corrected chi connectivity index (χ4v) is 3.43. The first-order valence-electron chi connectivity index (χ1n) is 9.20. The second kappa shape index (κ2) is 7.46. The SMILES string of the molecule is COc1cc(C)c(C)cc1CC(=O)N1CCCN(C(=O)C2CC2)CC1. The first-order valence-corrected chi connectivity index (χ1v) is 9.20. The van der Waals surface area contributed by atoms with Gasteiger partial charge in [-0.25, -0.2) is 0 Å². The van der Waals surface area contributed by atoms with Gasteiger partial charge in [-0.15, -0.1) is 0 Å². The van der Waals surface area contributed by atoms with Crippen molar-refractivity contribution in [1.82, 2.24) is 9.80 Å². The minimum Gasteiger partial charge on any atom is -0.496 e. The second-order valence-corrected chi connectivity index (χ2v) is 7.26. The number of rotatable bonds is 4. The average Bonchev–Trinajstić information content (AvgIpc) is 3.43. The first kappa shape index (κ1) is 17.8. The van der Waals surface area contributed by atoms with Crippen molar-refractivity contribution in [2.24, 2.45) is 5.92 Å².